The van der Waals surface area contributed by atoms with Gasteiger partial charge in [0.2, 0.25) is 16.9 Å². The summed E-state index contributed by atoms with van der Waals surface area (Å²) < 4.78 is 5.94. The molecule has 8 heteroatoms. The fraction of sp³-hybridized carbons (Fsp3) is 0.0909. The third kappa shape index (κ3) is 2.99. The lowest BCUT2D eigenvalue weighted by Gasteiger charge is -2.09. The Morgan fingerprint density at radius 3 is 2.89 bits per heavy atom. The van der Waals surface area contributed by atoms with E-state index in [1.54, 1.807) is 19.1 Å². The van der Waals surface area contributed by atoms with E-state index in [-0.39, 0.29) is 22.6 Å². The Labute approximate surface area is 121 Å². The molecule has 1 aromatic heterocycles. The molecule has 0 bridgehead atoms. The lowest BCUT2D eigenvalue weighted by Crippen LogP contribution is -1.98. The monoisotopic (exact) mass is 343 g/mol. The number of para-hydroxylation sites is 1. The van der Waals surface area contributed by atoms with E-state index in [0.717, 1.165) is 0 Å². The normalized spacial score (nSPS) is 10.3. The molecule has 0 fully saturated rings. The number of aromatic nitrogens is 2. The van der Waals surface area contributed by atoms with Crippen LogP contribution in [0.15, 0.2) is 28.9 Å². The van der Waals surface area contributed by atoms with Crippen molar-refractivity contribution in [1.29, 1.82) is 0 Å². The van der Waals surface area contributed by atoms with Crippen LogP contribution in [0.3, 0.4) is 0 Å². The molecule has 0 aliphatic rings. The van der Waals surface area contributed by atoms with Crippen LogP contribution in [0.25, 0.3) is 0 Å². The molecule has 0 unspecified atom stereocenters. The van der Waals surface area contributed by atoms with Gasteiger partial charge in [0, 0.05) is 17.8 Å². The van der Waals surface area contributed by atoms with Crippen molar-refractivity contribution in [3.05, 3.63) is 49.8 Å². The molecule has 19 heavy (non-hydrogen) atoms. The van der Waals surface area contributed by atoms with Crippen LogP contribution >= 0.6 is 27.5 Å². The molecule has 1 aromatic carbocycles. The van der Waals surface area contributed by atoms with Gasteiger partial charge in [0.05, 0.1) is 9.40 Å². The Hall–Kier alpha value is -1.73. The second-order valence-electron chi connectivity index (χ2n) is 3.57. The van der Waals surface area contributed by atoms with Crippen LogP contribution in [-0.2, 0) is 0 Å². The molecule has 2 aromatic rings. The first-order chi connectivity index (χ1) is 8.99. The zero-order chi connectivity index (χ0) is 14.0. The summed E-state index contributed by atoms with van der Waals surface area (Å²) in [5.41, 5.74) is 0.456. The fourth-order valence-corrected chi connectivity index (χ4v) is 1.91. The van der Waals surface area contributed by atoms with E-state index in [1.165, 1.54) is 12.3 Å². The van der Waals surface area contributed by atoms with Gasteiger partial charge in [-0.15, -0.1) is 0 Å². The topological polar surface area (TPSA) is 78.2 Å². The number of nitro benzene ring substituents is 1. The number of nitrogens with zero attached hydrogens (tertiary/aromatic N) is 3. The highest BCUT2D eigenvalue weighted by molar-refractivity contribution is 9.10. The van der Waals surface area contributed by atoms with Gasteiger partial charge in [-0.3, -0.25) is 10.1 Å². The van der Waals surface area contributed by atoms with Gasteiger partial charge in [-0.2, -0.15) is 4.98 Å². The molecule has 0 saturated heterocycles. The third-order valence-electron chi connectivity index (χ3n) is 2.24. The van der Waals surface area contributed by atoms with E-state index in [0.29, 0.717) is 10.0 Å². The van der Waals surface area contributed by atoms with Gasteiger partial charge < -0.3 is 4.74 Å². The van der Waals surface area contributed by atoms with Crippen molar-refractivity contribution < 1.29 is 9.66 Å². The molecule has 0 spiro atoms. The zero-order valence-electron chi connectivity index (χ0n) is 9.63. The molecule has 2 rings (SSSR count). The highest BCUT2D eigenvalue weighted by Crippen LogP contribution is 2.38. The second kappa shape index (κ2) is 5.50. The maximum atomic E-state index is 11.0. The molecule has 0 atom stereocenters. The van der Waals surface area contributed by atoms with E-state index >= 15 is 0 Å². The molecular weight excluding hydrogens is 337 g/mol. The highest BCUT2D eigenvalue weighted by Gasteiger charge is 2.20. The molecule has 98 valence electrons. The summed E-state index contributed by atoms with van der Waals surface area (Å²) in [4.78, 5) is 18.1. The molecule has 0 N–H and O–H groups in total. The van der Waals surface area contributed by atoms with Crippen LogP contribution < -0.4 is 4.74 Å². The first-order valence-corrected chi connectivity index (χ1v) is 6.26. The van der Waals surface area contributed by atoms with Crippen molar-refractivity contribution in [2.75, 3.05) is 0 Å². The first-order valence-electron chi connectivity index (χ1n) is 5.09. The second-order valence-corrected chi connectivity index (χ2v) is 4.77. The van der Waals surface area contributed by atoms with Crippen molar-refractivity contribution in [3.63, 3.8) is 0 Å². The van der Waals surface area contributed by atoms with Gasteiger partial charge in [-0.1, -0.05) is 6.07 Å². The molecule has 0 aliphatic heterocycles. The van der Waals surface area contributed by atoms with Crippen molar-refractivity contribution in [2.45, 2.75) is 6.92 Å². The number of hydrogen-bond acceptors (Lipinski definition) is 5. The lowest BCUT2D eigenvalue weighted by atomic mass is 10.3. The maximum absolute atomic E-state index is 11.0. The average Bonchev–Trinajstić information content (AvgIpc) is 2.35. The van der Waals surface area contributed by atoms with Crippen molar-refractivity contribution in [1.82, 2.24) is 9.97 Å². The summed E-state index contributed by atoms with van der Waals surface area (Å²) in [5, 5.41) is 11.0. The van der Waals surface area contributed by atoms with E-state index in [1.807, 2.05) is 0 Å². The smallest absolute Gasteiger partial charge is 0.312 e. The van der Waals surface area contributed by atoms with Crippen LogP contribution in [0.5, 0.6) is 11.6 Å². The molecule has 0 radical (unpaired) electrons. The Morgan fingerprint density at radius 2 is 2.21 bits per heavy atom. The standard InChI is InChI=1S/C11H7BrClN3O3/c1-6-5-14-11(13)15-10(6)19-9-7(12)3-2-4-8(9)16(17)18/h2-5H,1H3. The predicted octanol–water partition coefficient (Wildman–Crippen LogP) is 3.90. The van der Waals surface area contributed by atoms with Gasteiger partial charge in [0.25, 0.3) is 0 Å². The number of halogens is 2. The summed E-state index contributed by atoms with van der Waals surface area (Å²) in [5.74, 6) is 0.250. The largest absolute Gasteiger partial charge is 0.430 e. The fourth-order valence-electron chi connectivity index (χ4n) is 1.35. The van der Waals surface area contributed by atoms with E-state index in [4.69, 9.17) is 16.3 Å². The molecule has 0 amide bonds. The number of ether oxygens (including phenoxy) is 1. The van der Waals surface area contributed by atoms with Crippen molar-refractivity contribution in [2.24, 2.45) is 0 Å². The van der Waals surface area contributed by atoms with Gasteiger partial charge in [-0.25, -0.2) is 4.98 Å². The summed E-state index contributed by atoms with van der Waals surface area (Å²) >= 11 is 8.89. The molecule has 6 nitrogen and oxygen atoms in total. The Balaban J connectivity index is 2.49. The highest BCUT2D eigenvalue weighted by atomic mass is 79.9. The molecule has 1 heterocycles. The number of hydrogen-bond donors (Lipinski definition) is 0. The summed E-state index contributed by atoms with van der Waals surface area (Å²) in [6, 6.07) is 4.54. The minimum Gasteiger partial charge on any atom is -0.430 e. The lowest BCUT2D eigenvalue weighted by molar-refractivity contribution is -0.385. The molecule has 0 aliphatic carbocycles. The van der Waals surface area contributed by atoms with Gasteiger partial charge >= 0.3 is 5.69 Å². The van der Waals surface area contributed by atoms with Crippen LogP contribution in [0.1, 0.15) is 5.56 Å². The number of rotatable bonds is 3. The van der Waals surface area contributed by atoms with Crippen LogP contribution in [0, 0.1) is 17.0 Å². The average molecular weight is 345 g/mol. The molecule has 0 saturated carbocycles. The maximum Gasteiger partial charge on any atom is 0.312 e. The predicted molar refractivity (Wildman–Crippen MR) is 72.6 cm³/mol. The van der Waals surface area contributed by atoms with Gasteiger partial charge in [-0.05, 0) is 40.5 Å². The van der Waals surface area contributed by atoms with Crippen molar-refractivity contribution in [3.8, 4) is 11.6 Å². The Bertz CT molecular complexity index is 651. The van der Waals surface area contributed by atoms with E-state index < -0.39 is 4.92 Å². The van der Waals surface area contributed by atoms with Crippen LogP contribution in [0.4, 0.5) is 5.69 Å². The number of nitro groups is 1. The van der Waals surface area contributed by atoms with Gasteiger partial charge in [0.15, 0.2) is 0 Å². The van der Waals surface area contributed by atoms with Crippen LogP contribution in [-0.4, -0.2) is 14.9 Å². The SMILES string of the molecule is Cc1cnc(Cl)nc1Oc1c(Br)cccc1[N+](=O)[O-]. The number of aryl methyl sites for hydroxylation is 1. The number of benzene rings is 1. The first kappa shape index (κ1) is 13.7. The van der Waals surface area contributed by atoms with Crippen molar-refractivity contribution >= 4 is 33.2 Å². The summed E-state index contributed by atoms with van der Waals surface area (Å²) in [7, 11) is 0. The third-order valence-corrected chi connectivity index (χ3v) is 3.04. The van der Waals surface area contributed by atoms with Crippen LogP contribution in [0.2, 0.25) is 5.28 Å². The minimum absolute atomic E-state index is 0.00954. The molecular formula is C11H7BrClN3O3. The summed E-state index contributed by atoms with van der Waals surface area (Å²) in [6.45, 7) is 1.72. The Morgan fingerprint density at radius 1 is 1.47 bits per heavy atom. The Kier molecular flexibility index (Phi) is 3.96. The van der Waals surface area contributed by atoms with E-state index in [9.17, 15) is 10.1 Å². The quantitative estimate of drug-likeness (QED) is 0.479. The van der Waals surface area contributed by atoms with Gasteiger partial charge in [0.1, 0.15) is 0 Å². The van der Waals surface area contributed by atoms with E-state index in [2.05, 4.69) is 25.9 Å². The minimum atomic E-state index is -0.530. The summed E-state index contributed by atoms with van der Waals surface area (Å²) in [6.07, 6.45) is 1.48. The zero-order valence-corrected chi connectivity index (χ0v) is 12.0.